The Morgan fingerprint density at radius 2 is 1.88 bits per heavy atom. The second kappa shape index (κ2) is 10.6. The van der Waals surface area contributed by atoms with Crippen LogP contribution < -0.4 is 10.5 Å². The Labute approximate surface area is 151 Å². The first-order valence-electron chi connectivity index (χ1n) is 8.00. The van der Waals surface area contributed by atoms with Gasteiger partial charge in [-0.3, -0.25) is 0 Å². The molecule has 142 valence electrons. The number of hydrogen-bond acceptors (Lipinski definition) is 8. The molecule has 0 saturated carbocycles. The van der Waals surface area contributed by atoms with Crippen molar-refractivity contribution in [3.63, 3.8) is 0 Å². The van der Waals surface area contributed by atoms with Gasteiger partial charge in [0.2, 0.25) is 0 Å². The number of rotatable bonds is 9. The Morgan fingerprint density at radius 1 is 1.19 bits per heavy atom. The summed E-state index contributed by atoms with van der Waals surface area (Å²) in [6.07, 6.45) is 1.34. The highest BCUT2D eigenvalue weighted by Gasteiger charge is 2.22. The lowest BCUT2D eigenvalue weighted by Gasteiger charge is -2.08. The van der Waals surface area contributed by atoms with Crippen LogP contribution in [0.3, 0.4) is 0 Å². The van der Waals surface area contributed by atoms with Crippen LogP contribution in [0.2, 0.25) is 0 Å². The number of benzene rings is 1. The molecule has 0 atom stereocenters. The lowest BCUT2D eigenvalue weighted by molar-refractivity contribution is -0.138. The average molecular weight is 365 g/mol. The van der Waals surface area contributed by atoms with E-state index in [2.05, 4.69) is 10.2 Å². The number of nitrogens with two attached hydrogens (primary N) is 1. The lowest BCUT2D eigenvalue weighted by Crippen LogP contribution is -2.25. The van der Waals surface area contributed by atoms with Gasteiger partial charge in [-0.25, -0.2) is 4.79 Å². The Kier molecular flexibility index (Phi) is 8.48. The summed E-state index contributed by atoms with van der Waals surface area (Å²) in [4.78, 5) is 11.9. The molecule has 0 fully saturated rings. The molecule has 1 rings (SSSR count). The molecule has 0 aromatic heterocycles. The Bertz CT molecular complexity index is 712. The Hall–Kier alpha value is -3.23. The van der Waals surface area contributed by atoms with E-state index in [0.717, 1.165) is 0 Å². The van der Waals surface area contributed by atoms with E-state index in [-0.39, 0.29) is 24.8 Å². The number of amidine groups is 1. The molecule has 0 aliphatic carbocycles. The van der Waals surface area contributed by atoms with Crippen LogP contribution in [-0.4, -0.2) is 48.1 Å². The van der Waals surface area contributed by atoms with Crippen molar-refractivity contribution in [3.8, 4) is 11.5 Å². The molecule has 0 radical (unpaired) electrons. The first kappa shape index (κ1) is 20.8. The zero-order valence-electron chi connectivity index (χ0n) is 14.9. The number of carbonyl (C=O) groups excluding carboxylic acids is 1. The molecule has 0 unspecified atom stereocenters. The summed E-state index contributed by atoms with van der Waals surface area (Å²) < 4.78 is 15.0. The molecule has 0 bridgehead atoms. The number of carbonyl (C=O) groups is 1. The molecule has 26 heavy (non-hydrogen) atoms. The number of aliphatic hydroxyl groups excluding tert-OH is 1. The van der Waals surface area contributed by atoms with Crippen LogP contribution in [0, 0.1) is 0 Å². The van der Waals surface area contributed by atoms with Crippen LogP contribution in [-0.2, 0) is 14.3 Å². The maximum Gasteiger partial charge on any atom is 0.349 e. The van der Waals surface area contributed by atoms with Crippen LogP contribution in [0.1, 0.15) is 26.3 Å². The molecule has 0 aliphatic heterocycles. The highest BCUT2D eigenvalue weighted by Crippen LogP contribution is 2.26. The second-order valence-corrected chi connectivity index (χ2v) is 4.72. The smallest absolute Gasteiger partial charge is 0.349 e. The molecular weight excluding hydrogens is 342 g/mol. The van der Waals surface area contributed by atoms with Crippen LogP contribution in [0.25, 0.3) is 0 Å². The van der Waals surface area contributed by atoms with Crippen molar-refractivity contribution in [1.29, 1.82) is 0 Å². The van der Waals surface area contributed by atoms with Gasteiger partial charge in [0.15, 0.2) is 22.9 Å². The van der Waals surface area contributed by atoms with Crippen LogP contribution in [0.4, 0.5) is 0 Å². The topological polar surface area (TPSA) is 136 Å². The standard InChI is InChI=1S/C17H23N3O6/c1-4-24-13-9-11(7-8-12(13)21)10-19-20-15(18)14(16(22)25-5-2)17(23)26-6-3/h7-10,21-22H,4-6H2,1-3H3,(H2,18,20). The normalized spacial score (nSPS) is 12.7. The van der Waals surface area contributed by atoms with Gasteiger partial charge in [0.1, 0.15) is 0 Å². The fraction of sp³-hybridized carbons (Fsp3) is 0.353. The average Bonchev–Trinajstić information content (AvgIpc) is 2.58. The van der Waals surface area contributed by atoms with Crippen molar-refractivity contribution in [3.05, 3.63) is 35.3 Å². The van der Waals surface area contributed by atoms with E-state index in [1.54, 1.807) is 32.9 Å². The highest BCUT2D eigenvalue weighted by atomic mass is 16.6. The predicted molar refractivity (Wildman–Crippen MR) is 96.4 cm³/mol. The Balaban J connectivity index is 3.06. The van der Waals surface area contributed by atoms with E-state index < -0.39 is 17.5 Å². The van der Waals surface area contributed by atoms with Gasteiger partial charge in [0, 0.05) is 0 Å². The molecule has 1 aromatic rings. The second-order valence-electron chi connectivity index (χ2n) is 4.72. The number of aromatic hydroxyl groups is 1. The monoisotopic (exact) mass is 365 g/mol. The molecule has 1 aromatic carbocycles. The zero-order chi connectivity index (χ0) is 19.5. The van der Waals surface area contributed by atoms with Gasteiger partial charge in [-0.1, -0.05) is 0 Å². The van der Waals surface area contributed by atoms with Crippen LogP contribution in [0.15, 0.2) is 39.9 Å². The number of phenols is 1. The van der Waals surface area contributed by atoms with Gasteiger partial charge in [0.05, 0.1) is 26.0 Å². The summed E-state index contributed by atoms with van der Waals surface area (Å²) in [5, 5.41) is 26.9. The summed E-state index contributed by atoms with van der Waals surface area (Å²) in [7, 11) is 0. The van der Waals surface area contributed by atoms with Gasteiger partial charge in [-0.15, -0.1) is 5.10 Å². The quantitative estimate of drug-likeness (QED) is 0.152. The molecule has 0 heterocycles. The van der Waals surface area contributed by atoms with Crippen molar-refractivity contribution < 1.29 is 29.2 Å². The largest absolute Gasteiger partial charge is 0.504 e. The summed E-state index contributed by atoms with van der Waals surface area (Å²) in [6.45, 7) is 5.64. The van der Waals surface area contributed by atoms with E-state index in [0.29, 0.717) is 17.9 Å². The van der Waals surface area contributed by atoms with Gasteiger partial charge < -0.3 is 30.2 Å². The minimum absolute atomic E-state index is 0.00109. The van der Waals surface area contributed by atoms with Crippen molar-refractivity contribution in [2.45, 2.75) is 20.8 Å². The van der Waals surface area contributed by atoms with E-state index in [1.807, 2.05) is 0 Å². The third-order valence-corrected chi connectivity index (χ3v) is 2.89. The number of phenolic OH excluding ortho intramolecular Hbond substituents is 1. The minimum atomic E-state index is -0.877. The SMILES string of the molecule is CCOC(=O)C(C(N)=NN=Cc1ccc(O)c(OCC)c1)=C(O)OCC. The number of nitrogens with zero attached hydrogens (tertiary/aromatic N) is 2. The van der Waals surface area contributed by atoms with Crippen LogP contribution >= 0.6 is 0 Å². The molecule has 4 N–H and O–H groups in total. The molecule has 0 spiro atoms. The molecule has 9 nitrogen and oxygen atoms in total. The van der Waals surface area contributed by atoms with Gasteiger partial charge in [0.25, 0.3) is 5.95 Å². The minimum Gasteiger partial charge on any atom is -0.504 e. The van der Waals surface area contributed by atoms with Gasteiger partial charge in [-0.2, -0.15) is 5.10 Å². The van der Waals surface area contributed by atoms with Gasteiger partial charge >= 0.3 is 5.97 Å². The van der Waals surface area contributed by atoms with Crippen molar-refractivity contribution >= 4 is 18.0 Å². The van der Waals surface area contributed by atoms with Crippen molar-refractivity contribution in [2.24, 2.45) is 15.9 Å². The first-order valence-corrected chi connectivity index (χ1v) is 8.00. The summed E-state index contributed by atoms with van der Waals surface area (Å²) in [6, 6.07) is 4.60. The van der Waals surface area contributed by atoms with E-state index >= 15 is 0 Å². The predicted octanol–water partition coefficient (Wildman–Crippen LogP) is 1.85. The third kappa shape index (κ3) is 6.00. The summed E-state index contributed by atoms with van der Waals surface area (Å²) >= 11 is 0. The van der Waals surface area contributed by atoms with Crippen LogP contribution in [0.5, 0.6) is 11.5 Å². The first-order chi connectivity index (χ1) is 12.4. The fourth-order valence-electron chi connectivity index (χ4n) is 1.80. The number of aliphatic hydroxyl groups is 1. The highest BCUT2D eigenvalue weighted by molar-refractivity contribution is 6.18. The van der Waals surface area contributed by atoms with Crippen molar-refractivity contribution in [2.75, 3.05) is 19.8 Å². The fourth-order valence-corrected chi connectivity index (χ4v) is 1.80. The molecule has 0 aliphatic rings. The lowest BCUT2D eigenvalue weighted by atomic mass is 10.2. The summed E-state index contributed by atoms with van der Waals surface area (Å²) in [5.41, 5.74) is 5.89. The zero-order valence-corrected chi connectivity index (χ0v) is 14.9. The van der Waals surface area contributed by atoms with E-state index in [9.17, 15) is 15.0 Å². The summed E-state index contributed by atoms with van der Waals surface area (Å²) in [5.74, 6) is -1.63. The maximum absolute atomic E-state index is 11.9. The molecule has 0 saturated heterocycles. The Morgan fingerprint density at radius 3 is 2.50 bits per heavy atom. The molecular formula is C17H23N3O6. The number of ether oxygens (including phenoxy) is 3. The number of esters is 1. The number of hydrogen-bond donors (Lipinski definition) is 3. The van der Waals surface area contributed by atoms with Gasteiger partial charge in [-0.05, 0) is 44.5 Å². The van der Waals surface area contributed by atoms with E-state index in [4.69, 9.17) is 19.9 Å². The molecule has 9 heteroatoms. The maximum atomic E-state index is 11.9. The van der Waals surface area contributed by atoms with E-state index in [1.165, 1.54) is 12.3 Å². The van der Waals surface area contributed by atoms with Crippen molar-refractivity contribution in [1.82, 2.24) is 0 Å². The third-order valence-electron chi connectivity index (χ3n) is 2.89. The molecule has 0 amide bonds.